The highest BCUT2D eigenvalue weighted by Gasteiger charge is 2.10. The van der Waals surface area contributed by atoms with Gasteiger partial charge in [0.1, 0.15) is 5.75 Å². The van der Waals surface area contributed by atoms with Crippen molar-refractivity contribution < 1.29 is 13.9 Å². The van der Waals surface area contributed by atoms with Crippen LogP contribution < -0.4 is 10.2 Å². The molecule has 9 heteroatoms. The summed E-state index contributed by atoms with van der Waals surface area (Å²) < 4.78 is 10.6. The van der Waals surface area contributed by atoms with Gasteiger partial charge in [-0.15, -0.1) is 10.2 Å². The number of carbonyl (C=O) groups excluding carboxylic acids is 1. The minimum atomic E-state index is -0.280. The number of hydrogen-bond donors (Lipinski definition) is 1. The molecule has 0 radical (unpaired) electrons. The Kier molecular flexibility index (Phi) is 5.94. The molecular weight excluding hydrogens is 354 g/mol. The summed E-state index contributed by atoms with van der Waals surface area (Å²) in [4.78, 5) is 15.8. The molecular formula is C17H15N5O3S. The van der Waals surface area contributed by atoms with Gasteiger partial charge in [-0.25, -0.2) is 5.43 Å². The smallest absolute Gasteiger partial charge is 0.277 e. The first kappa shape index (κ1) is 17.6. The Morgan fingerprint density at radius 3 is 2.96 bits per heavy atom. The van der Waals surface area contributed by atoms with Crippen LogP contribution in [-0.4, -0.2) is 40.2 Å². The van der Waals surface area contributed by atoms with E-state index >= 15 is 0 Å². The molecule has 0 unspecified atom stereocenters. The van der Waals surface area contributed by atoms with Crippen LogP contribution in [0, 0.1) is 0 Å². The average Bonchev–Trinajstić information content (AvgIpc) is 3.16. The van der Waals surface area contributed by atoms with Crippen molar-refractivity contribution in [3.63, 3.8) is 0 Å². The van der Waals surface area contributed by atoms with Gasteiger partial charge in [0.05, 0.1) is 19.1 Å². The zero-order valence-corrected chi connectivity index (χ0v) is 14.6. The lowest BCUT2D eigenvalue weighted by Gasteiger charge is -2.00. The van der Waals surface area contributed by atoms with Crippen LogP contribution >= 0.6 is 11.8 Å². The van der Waals surface area contributed by atoms with Crippen molar-refractivity contribution in [1.29, 1.82) is 0 Å². The quantitative estimate of drug-likeness (QED) is 0.387. The molecule has 0 aliphatic carbocycles. The molecule has 0 atom stereocenters. The van der Waals surface area contributed by atoms with Gasteiger partial charge in [0, 0.05) is 18.0 Å². The third-order valence-electron chi connectivity index (χ3n) is 3.16. The third kappa shape index (κ3) is 4.90. The summed E-state index contributed by atoms with van der Waals surface area (Å²) in [6.45, 7) is 0. The van der Waals surface area contributed by atoms with E-state index in [-0.39, 0.29) is 11.7 Å². The van der Waals surface area contributed by atoms with E-state index < -0.39 is 0 Å². The number of pyridine rings is 1. The number of hydrazone groups is 1. The van der Waals surface area contributed by atoms with Gasteiger partial charge in [0.25, 0.3) is 11.1 Å². The van der Waals surface area contributed by atoms with Crippen LogP contribution in [0.4, 0.5) is 0 Å². The molecule has 1 amide bonds. The van der Waals surface area contributed by atoms with Crippen molar-refractivity contribution in [2.45, 2.75) is 5.22 Å². The Morgan fingerprint density at radius 2 is 2.15 bits per heavy atom. The second-order valence-corrected chi connectivity index (χ2v) is 5.89. The predicted molar refractivity (Wildman–Crippen MR) is 97.0 cm³/mol. The predicted octanol–water partition coefficient (Wildman–Crippen LogP) is 2.38. The summed E-state index contributed by atoms with van der Waals surface area (Å²) in [5.41, 5.74) is 4.03. The van der Waals surface area contributed by atoms with Gasteiger partial charge in [-0.05, 0) is 29.8 Å². The fourth-order valence-corrected chi connectivity index (χ4v) is 2.49. The van der Waals surface area contributed by atoms with Gasteiger partial charge in [0.2, 0.25) is 5.89 Å². The number of benzene rings is 1. The topological polar surface area (TPSA) is 102 Å². The Morgan fingerprint density at radius 1 is 1.31 bits per heavy atom. The van der Waals surface area contributed by atoms with Gasteiger partial charge in [-0.3, -0.25) is 9.78 Å². The second-order valence-electron chi connectivity index (χ2n) is 4.97. The molecule has 0 fully saturated rings. The minimum absolute atomic E-state index is 0.105. The van der Waals surface area contributed by atoms with Crippen LogP contribution in [0.25, 0.3) is 11.5 Å². The summed E-state index contributed by atoms with van der Waals surface area (Å²) in [6, 6.07) is 10.9. The van der Waals surface area contributed by atoms with E-state index in [1.54, 1.807) is 37.9 Å². The third-order valence-corrected chi connectivity index (χ3v) is 3.98. The molecule has 26 heavy (non-hydrogen) atoms. The van der Waals surface area contributed by atoms with Crippen molar-refractivity contribution in [2.75, 3.05) is 12.9 Å². The molecule has 3 rings (SSSR count). The maximum atomic E-state index is 11.8. The molecule has 2 aromatic heterocycles. The number of ether oxygens (including phenoxy) is 1. The number of rotatable bonds is 7. The number of amides is 1. The van der Waals surface area contributed by atoms with E-state index in [1.807, 2.05) is 24.3 Å². The summed E-state index contributed by atoms with van der Waals surface area (Å²) in [5.74, 6) is 0.925. The standard InChI is InChI=1S/C17H15N5O3S/c1-24-14-4-2-3-12(9-14)10-19-20-15(23)11-26-17-22-21-16(25-17)13-5-7-18-8-6-13/h2-10H,11H2,1H3,(H,20,23)/b19-10+. The SMILES string of the molecule is COc1cccc(/C=N/NC(=O)CSc2nnc(-c3ccncc3)o2)c1. The zero-order valence-electron chi connectivity index (χ0n) is 13.8. The Bertz CT molecular complexity index is 898. The summed E-state index contributed by atoms with van der Waals surface area (Å²) in [5, 5.41) is 12.1. The highest BCUT2D eigenvalue weighted by atomic mass is 32.2. The lowest BCUT2D eigenvalue weighted by molar-refractivity contribution is -0.118. The number of nitrogens with one attached hydrogen (secondary N) is 1. The highest BCUT2D eigenvalue weighted by molar-refractivity contribution is 7.99. The molecule has 0 saturated heterocycles. The fraction of sp³-hybridized carbons (Fsp3) is 0.118. The number of thioether (sulfide) groups is 1. The van der Waals surface area contributed by atoms with Gasteiger partial charge in [-0.2, -0.15) is 5.10 Å². The van der Waals surface area contributed by atoms with Crippen LogP contribution in [0.2, 0.25) is 0 Å². The monoisotopic (exact) mass is 369 g/mol. The Labute approximate surface area is 153 Å². The van der Waals surface area contributed by atoms with E-state index in [0.717, 1.165) is 28.6 Å². The van der Waals surface area contributed by atoms with Gasteiger partial charge < -0.3 is 9.15 Å². The number of nitrogens with zero attached hydrogens (tertiary/aromatic N) is 4. The molecule has 132 valence electrons. The van der Waals surface area contributed by atoms with Crippen molar-refractivity contribution in [2.24, 2.45) is 5.10 Å². The van der Waals surface area contributed by atoms with Crippen LogP contribution in [0.5, 0.6) is 5.75 Å². The van der Waals surface area contributed by atoms with Gasteiger partial charge >= 0.3 is 0 Å². The molecule has 1 aromatic carbocycles. The summed E-state index contributed by atoms with van der Waals surface area (Å²) in [6.07, 6.45) is 4.82. The van der Waals surface area contributed by atoms with Crippen LogP contribution in [0.1, 0.15) is 5.56 Å². The molecule has 0 bridgehead atoms. The lowest BCUT2D eigenvalue weighted by Crippen LogP contribution is -2.19. The van der Waals surface area contributed by atoms with E-state index in [2.05, 4.69) is 25.7 Å². The molecule has 2 heterocycles. The first-order valence-electron chi connectivity index (χ1n) is 7.57. The zero-order chi connectivity index (χ0) is 18.2. The highest BCUT2D eigenvalue weighted by Crippen LogP contribution is 2.22. The Balaban J connectivity index is 1.48. The maximum absolute atomic E-state index is 11.8. The normalized spacial score (nSPS) is 10.8. The van der Waals surface area contributed by atoms with Crippen molar-refractivity contribution in [1.82, 2.24) is 20.6 Å². The first-order valence-corrected chi connectivity index (χ1v) is 8.56. The molecule has 0 saturated carbocycles. The molecule has 0 aliphatic heterocycles. The first-order chi connectivity index (χ1) is 12.7. The minimum Gasteiger partial charge on any atom is -0.497 e. The maximum Gasteiger partial charge on any atom is 0.277 e. The Hall–Kier alpha value is -3.20. The molecule has 0 spiro atoms. The molecule has 1 N–H and O–H groups in total. The largest absolute Gasteiger partial charge is 0.497 e. The van der Waals surface area contributed by atoms with Crippen molar-refractivity contribution >= 4 is 23.9 Å². The van der Waals surface area contributed by atoms with Crippen molar-refractivity contribution in [3.8, 4) is 17.2 Å². The number of aromatic nitrogens is 3. The van der Waals surface area contributed by atoms with E-state index in [4.69, 9.17) is 9.15 Å². The fourth-order valence-electron chi connectivity index (χ4n) is 1.94. The van der Waals surface area contributed by atoms with Crippen LogP contribution in [-0.2, 0) is 4.79 Å². The number of methoxy groups -OCH3 is 1. The van der Waals surface area contributed by atoms with E-state index in [9.17, 15) is 4.79 Å². The van der Waals surface area contributed by atoms with Crippen molar-refractivity contribution in [3.05, 3.63) is 54.4 Å². The number of carbonyl (C=O) groups is 1. The van der Waals surface area contributed by atoms with Gasteiger partial charge in [0.15, 0.2) is 0 Å². The molecule has 0 aliphatic rings. The van der Waals surface area contributed by atoms with Gasteiger partial charge in [-0.1, -0.05) is 23.9 Å². The summed E-state index contributed by atoms with van der Waals surface area (Å²) >= 11 is 1.13. The van der Waals surface area contributed by atoms with E-state index in [1.165, 1.54) is 0 Å². The number of hydrogen-bond acceptors (Lipinski definition) is 8. The average molecular weight is 369 g/mol. The second kappa shape index (κ2) is 8.77. The van der Waals surface area contributed by atoms with Crippen LogP contribution in [0.15, 0.2) is 63.5 Å². The molecule has 8 nitrogen and oxygen atoms in total. The lowest BCUT2D eigenvalue weighted by atomic mass is 10.2. The van der Waals surface area contributed by atoms with Crippen LogP contribution in [0.3, 0.4) is 0 Å². The summed E-state index contributed by atoms with van der Waals surface area (Å²) in [7, 11) is 1.59. The van der Waals surface area contributed by atoms with E-state index in [0.29, 0.717) is 11.1 Å². The molecule has 3 aromatic rings.